The number of aliphatic hydroxyl groups excluding tert-OH is 1. The minimum absolute atomic E-state index is 0.00762. The van der Waals surface area contributed by atoms with Crippen molar-refractivity contribution in [3.8, 4) is 11.5 Å². The first-order valence-electron chi connectivity index (χ1n) is 12.3. The predicted molar refractivity (Wildman–Crippen MR) is 145 cm³/mol. The minimum Gasteiger partial charge on any atom is -0.507 e. The fraction of sp³-hybridized carbons (Fsp3) is 0.290. The van der Waals surface area contributed by atoms with Gasteiger partial charge in [0.1, 0.15) is 17.3 Å². The Morgan fingerprint density at radius 1 is 0.919 bits per heavy atom. The molecule has 0 saturated carbocycles. The number of ether oxygens (including phenoxy) is 2. The first kappa shape index (κ1) is 26.0. The van der Waals surface area contributed by atoms with Gasteiger partial charge in [0.05, 0.1) is 30.4 Å². The lowest BCUT2D eigenvalue weighted by molar-refractivity contribution is -0.132. The minimum atomic E-state index is -0.858. The van der Waals surface area contributed by atoms with Crippen LogP contribution in [0.3, 0.4) is 0 Å². The van der Waals surface area contributed by atoms with Gasteiger partial charge in [-0.25, -0.2) is 0 Å². The molecule has 1 amide bonds. The molecule has 0 aromatic heterocycles. The van der Waals surface area contributed by atoms with E-state index in [2.05, 4.69) is 0 Å². The standard InChI is InChI=1S/C31H33NO5/c1-17(2)37-24-10-8-9-22(16-24)27-26(28(33)25-14-18(3)13-21(6)30(25)36-7)29(34)31(35)32(27)23-12-11-19(4)20(5)15-23/h8-17,27,33H,1-7H3/b28-26+. The molecular weight excluding hydrogens is 466 g/mol. The molecule has 6 nitrogen and oxygen atoms in total. The van der Waals surface area contributed by atoms with E-state index in [0.717, 1.165) is 22.3 Å². The Morgan fingerprint density at radius 3 is 2.30 bits per heavy atom. The Balaban J connectivity index is 2.01. The molecule has 1 atom stereocenters. The fourth-order valence-electron chi connectivity index (χ4n) is 4.87. The number of hydrogen-bond acceptors (Lipinski definition) is 5. The lowest BCUT2D eigenvalue weighted by Gasteiger charge is -2.26. The molecule has 0 radical (unpaired) electrons. The number of amides is 1. The van der Waals surface area contributed by atoms with E-state index in [1.54, 1.807) is 6.07 Å². The Hall–Kier alpha value is -4.06. The van der Waals surface area contributed by atoms with Gasteiger partial charge >= 0.3 is 0 Å². The molecule has 1 aliphatic rings. The predicted octanol–water partition coefficient (Wildman–Crippen LogP) is 6.34. The topological polar surface area (TPSA) is 76.1 Å². The first-order chi connectivity index (χ1) is 17.5. The molecule has 1 fully saturated rings. The van der Waals surface area contributed by atoms with Crippen LogP contribution in [0.5, 0.6) is 11.5 Å². The van der Waals surface area contributed by atoms with Crippen molar-refractivity contribution in [2.24, 2.45) is 0 Å². The third kappa shape index (κ3) is 4.84. The Morgan fingerprint density at radius 2 is 1.65 bits per heavy atom. The third-order valence-corrected chi connectivity index (χ3v) is 6.64. The maximum atomic E-state index is 13.6. The first-order valence-corrected chi connectivity index (χ1v) is 12.3. The van der Waals surface area contributed by atoms with Gasteiger partial charge in [-0.15, -0.1) is 0 Å². The Bertz CT molecular complexity index is 1420. The molecule has 4 rings (SSSR count). The molecule has 192 valence electrons. The zero-order valence-corrected chi connectivity index (χ0v) is 22.4. The largest absolute Gasteiger partial charge is 0.507 e. The van der Waals surface area contributed by atoms with E-state index in [-0.39, 0.29) is 17.4 Å². The van der Waals surface area contributed by atoms with Crippen LogP contribution in [0.1, 0.15) is 53.3 Å². The number of benzene rings is 3. The van der Waals surface area contributed by atoms with Gasteiger partial charge in [0.15, 0.2) is 0 Å². The average Bonchev–Trinajstić information content (AvgIpc) is 3.10. The van der Waals surface area contributed by atoms with Crippen molar-refractivity contribution in [2.45, 2.75) is 53.7 Å². The van der Waals surface area contributed by atoms with Gasteiger partial charge in [-0.1, -0.05) is 24.3 Å². The van der Waals surface area contributed by atoms with E-state index in [4.69, 9.17) is 9.47 Å². The zero-order chi connectivity index (χ0) is 27.0. The van der Waals surface area contributed by atoms with Gasteiger partial charge in [0.25, 0.3) is 11.7 Å². The van der Waals surface area contributed by atoms with Crippen molar-refractivity contribution in [1.29, 1.82) is 0 Å². The molecule has 6 heteroatoms. The number of nitrogens with zero attached hydrogens (tertiary/aromatic N) is 1. The van der Waals surface area contributed by atoms with Crippen LogP contribution in [-0.2, 0) is 9.59 Å². The van der Waals surface area contributed by atoms with Gasteiger partial charge in [-0.05, 0) is 99.7 Å². The summed E-state index contributed by atoms with van der Waals surface area (Å²) in [5.41, 5.74) is 5.39. The van der Waals surface area contributed by atoms with Crippen molar-refractivity contribution in [1.82, 2.24) is 0 Å². The highest BCUT2D eigenvalue weighted by molar-refractivity contribution is 6.51. The van der Waals surface area contributed by atoms with Crippen LogP contribution < -0.4 is 14.4 Å². The lowest BCUT2D eigenvalue weighted by atomic mass is 9.93. The number of aliphatic hydroxyl groups is 1. The second-order valence-corrected chi connectivity index (χ2v) is 9.84. The van der Waals surface area contributed by atoms with Gasteiger partial charge in [-0.3, -0.25) is 14.5 Å². The highest BCUT2D eigenvalue weighted by Crippen LogP contribution is 2.44. The van der Waals surface area contributed by atoms with Crippen molar-refractivity contribution >= 4 is 23.1 Å². The molecule has 1 unspecified atom stereocenters. The van der Waals surface area contributed by atoms with Crippen LogP contribution >= 0.6 is 0 Å². The van der Waals surface area contributed by atoms with Crippen molar-refractivity contribution in [3.05, 3.63) is 93.6 Å². The van der Waals surface area contributed by atoms with E-state index in [1.807, 2.05) is 90.1 Å². The maximum absolute atomic E-state index is 13.6. The number of aryl methyl sites for hydroxylation is 4. The summed E-state index contributed by atoms with van der Waals surface area (Å²) in [6.45, 7) is 11.6. The molecule has 3 aromatic rings. The van der Waals surface area contributed by atoms with E-state index in [0.29, 0.717) is 28.3 Å². The molecule has 0 spiro atoms. The number of methoxy groups -OCH3 is 1. The van der Waals surface area contributed by atoms with Crippen LogP contribution in [0, 0.1) is 27.7 Å². The normalized spacial score (nSPS) is 17.0. The summed E-state index contributed by atoms with van der Waals surface area (Å²) in [5, 5.41) is 11.6. The second-order valence-electron chi connectivity index (χ2n) is 9.84. The van der Waals surface area contributed by atoms with Crippen LogP contribution in [0.25, 0.3) is 5.76 Å². The highest BCUT2D eigenvalue weighted by Gasteiger charge is 2.47. The number of ketones is 1. The number of carbonyl (C=O) groups is 2. The van der Waals surface area contributed by atoms with E-state index >= 15 is 0 Å². The molecule has 0 aliphatic carbocycles. The zero-order valence-electron chi connectivity index (χ0n) is 22.4. The van der Waals surface area contributed by atoms with E-state index in [1.165, 1.54) is 12.0 Å². The second kappa shape index (κ2) is 10.1. The Kier molecular flexibility index (Phi) is 7.12. The van der Waals surface area contributed by atoms with E-state index in [9.17, 15) is 14.7 Å². The van der Waals surface area contributed by atoms with Crippen LogP contribution in [0.15, 0.2) is 60.2 Å². The van der Waals surface area contributed by atoms with Gasteiger partial charge in [0.2, 0.25) is 0 Å². The van der Waals surface area contributed by atoms with Crippen molar-refractivity contribution < 1.29 is 24.2 Å². The fourth-order valence-corrected chi connectivity index (χ4v) is 4.87. The van der Waals surface area contributed by atoms with Crippen LogP contribution in [0.2, 0.25) is 0 Å². The van der Waals surface area contributed by atoms with Gasteiger partial charge in [-0.2, -0.15) is 0 Å². The van der Waals surface area contributed by atoms with Gasteiger partial charge < -0.3 is 14.6 Å². The molecule has 0 bridgehead atoms. The highest BCUT2D eigenvalue weighted by atomic mass is 16.5. The van der Waals surface area contributed by atoms with Crippen molar-refractivity contribution in [3.63, 3.8) is 0 Å². The monoisotopic (exact) mass is 499 g/mol. The molecule has 1 N–H and O–H groups in total. The maximum Gasteiger partial charge on any atom is 0.300 e. The summed E-state index contributed by atoms with van der Waals surface area (Å²) in [6.07, 6.45) is -0.0547. The number of hydrogen-bond donors (Lipinski definition) is 1. The lowest BCUT2D eigenvalue weighted by Crippen LogP contribution is -2.29. The van der Waals surface area contributed by atoms with Crippen LogP contribution in [0.4, 0.5) is 5.69 Å². The van der Waals surface area contributed by atoms with Gasteiger partial charge in [0, 0.05) is 5.69 Å². The molecule has 1 saturated heterocycles. The number of carbonyl (C=O) groups excluding carboxylic acids is 2. The average molecular weight is 500 g/mol. The quantitative estimate of drug-likeness (QED) is 0.243. The molecule has 3 aromatic carbocycles. The Labute approximate surface area is 218 Å². The smallest absolute Gasteiger partial charge is 0.300 e. The van der Waals surface area contributed by atoms with Crippen molar-refractivity contribution in [2.75, 3.05) is 12.0 Å². The molecular formula is C31H33NO5. The molecule has 1 heterocycles. The SMILES string of the molecule is COc1c(C)cc(C)cc1/C(O)=C1\C(=O)C(=O)N(c2ccc(C)c(C)c2)C1c1cccc(OC(C)C)c1. The summed E-state index contributed by atoms with van der Waals surface area (Å²) in [5.74, 6) is -0.655. The number of rotatable bonds is 6. The number of Topliss-reactive ketones (excluding diaryl/α,β-unsaturated/α-hetero) is 1. The summed E-state index contributed by atoms with van der Waals surface area (Å²) in [7, 11) is 1.52. The summed E-state index contributed by atoms with van der Waals surface area (Å²) < 4.78 is 11.5. The summed E-state index contributed by atoms with van der Waals surface area (Å²) in [6, 6.07) is 15.8. The third-order valence-electron chi connectivity index (χ3n) is 6.64. The summed E-state index contributed by atoms with van der Waals surface area (Å²) in [4.78, 5) is 28.6. The van der Waals surface area contributed by atoms with Crippen LogP contribution in [-0.4, -0.2) is 30.0 Å². The summed E-state index contributed by atoms with van der Waals surface area (Å²) >= 11 is 0. The van der Waals surface area contributed by atoms with E-state index < -0.39 is 17.7 Å². The molecule has 1 aliphatic heterocycles. The number of anilines is 1. The molecule has 37 heavy (non-hydrogen) atoms.